The molecule has 0 bridgehead atoms. The third kappa shape index (κ3) is 11.2. The van der Waals surface area contributed by atoms with Crippen LogP contribution in [0, 0.1) is 6.92 Å². The molecule has 6 N–H and O–H groups in total. The Morgan fingerprint density at radius 3 is 2.29 bits per heavy atom. The first-order valence-electron chi connectivity index (χ1n) is 12.8. The fourth-order valence-electron chi connectivity index (χ4n) is 5.17. The second-order valence-corrected chi connectivity index (χ2v) is 12.3. The van der Waals surface area contributed by atoms with Crippen LogP contribution in [0.2, 0.25) is 0 Å². The Morgan fingerprint density at radius 2 is 1.71 bits per heavy atom. The number of aryl methyl sites for hydroxylation is 1. The van der Waals surface area contributed by atoms with E-state index in [1.807, 2.05) is 25.1 Å². The number of carbonyl (C=O) groups excluding carboxylic acids is 1. The number of hydrogen-bond donors (Lipinski definition) is 2. The quantitative estimate of drug-likeness (QED) is 0.0401. The van der Waals surface area contributed by atoms with Crippen LogP contribution in [0.3, 0.4) is 0 Å². The van der Waals surface area contributed by atoms with Gasteiger partial charge in [0.2, 0.25) is 11.6 Å². The van der Waals surface area contributed by atoms with Crippen molar-refractivity contribution in [2.75, 3.05) is 19.3 Å². The van der Waals surface area contributed by atoms with E-state index in [4.69, 9.17) is 30.1 Å². The van der Waals surface area contributed by atoms with Crippen molar-refractivity contribution in [3.05, 3.63) is 55.9 Å². The van der Waals surface area contributed by atoms with Gasteiger partial charge in [-0.15, -0.1) is 4.33 Å². The van der Waals surface area contributed by atoms with Crippen LogP contribution >= 0.6 is 36.3 Å². The molecule has 42 heavy (non-hydrogen) atoms. The average Bonchev–Trinajstić information content (AvgIpc) is 3.13. The van der Waals surface area contributed by atoms with Crippen LogP contribution in [0.5, 0.6) is 0 Å². The number of hydrogen-bond acceptors (Lipinski definition) is 10. The van der Waals surface area contributed by atoms with Crippen molar-refractivity contribution in [2.45, 2.75) is 69.6 Å². The average molecular weight is 663 g/mol. The van der Waals surface area contributed by atoms with Gasteiger partial charge in [-0.1, -0.05) is 23.9 Å². The Balaban J connectivity index is 0.00000135. The molecule has 1 aliphatic rings. The van der Waals surface area contributed by atoms with Crippen LogP contribution in [0.4, 0.5) is 5.69 Å². The molecule has 1 amide bonds. The summed E-state index contributed by atoms with van der Waals surface area (Å²) in [5.74, 6) is -0.371. The molecule has 0 fully saturated rings. The molecule has 0 spiro atoms. The second-order valence-electron chi connectivity index (χ2n) is 9.67. The lowest BCUT2D eigenvalue weighted by Crippen LogP contribution is -2.31. The molecule has 0 saturated carbocycles. The Kier molecular flexibility index (Phi) is 17.5. The Hall–Kier alpha value is -1.48. The maximum absolute atomic E-state index is 11.6. The molecule has 1 heterocycles. The molecule has 1 unspecified atom stereocenters. The van der Waals surface area contributed by atoms with Crippen molar-refractivity contribution in [3.63, 3.8) is 0 Å². The number of fused-ring (bicyclic) bond motifs is 3. The standard InChI is InChI=1S/C25H34N2O7S2.2H2N2S/c1-17-15-20-19(22(16-17)35-34-33-29)10-11-21-24(20)25(3,12-7-5-6-9-23(28)26-4)18(2)27(21)13-8-14-36(30,31)32;2*1-3-2/h10-11,15-16H,5-9,12-14H2,1-4H3,(H2-,26,28,29,30,31,32);2*1-2H/q;2*-2. The van der Waals surface area contributed by atoms with Gasteiger partial charge in [0, 0.05) is 49.1 Å². The van der Waals surface area contributed by atoms with E-state index in [2.05, 4.69) is 34.8 Å². The van der Waals surface area contributed by atoms with Crippen LogP contribution in [0.25, 0.3) is 31.3 Å². The zero-order valence-corrected chi connectivity index (χ0v) is 27.2. The summed E-state index contributed by atoms with van der Waals surface area (Å²) < 4.78 is 40.5. The molecule has 0 radical (unpaired) electrons. The molecular formula is C25H38N6O7S4-4. The highest BCUT2D eigenvalue weighted by Gasteiger charge is 2.47. The van der Waals surface area contributed by atoms with E-state index in [0.717, 1.165) is 75.9 Å². The predicted molar refractivity (Wildman–Crippen MR) is 171 cm³/mol. The third-order valence-electron chi connectivity index (χ3n) is 7.06. The number of nitrogens with zero attached hydrogens (tertiary/aromatic N) is 1. The van der Waals surface area contributed by atoms with Gasteiger partial charge in [-0.05, 0) is 55.2 Å². The van der Waals surface area contributed by atoms with Crippen molar-refractivity contribution >= 4 is 74.5 Å². The van der Waals surface area contributed by atoms with Gasteiger partial charge in [-0.2, -0.15) is 4.58 Å². The van der Waals surface area contributed by atoms with Crippen LogP contribution in [0.15, 0.2) is 29.2 Å². The van der Waals surface area contributed by atoms with Crippen molar-refractivity contribution in [1.82, 2.24) is 5.32 Å². The molecule has 0 saturated heterocycles. The van der Waals surface area contributed by atoms with Gasteiger partial charge in [-0.3, -0.25) is 4.79 Å². The molecule has 13 nitrogen and oxygen atoms in total. The third-order valence-corrected chi connectivity index (χ3v) is 8.49. The molecule has 17 heteroatoms. The smallest absolute Gasteiger partial charge is 0.219 e. The van der Waals surface area contributed by atoms with Gasteiger partial charge in [0.25, 0.3) is 0 Å². The Bertz CT molecular complexity index is 1310. The van der Waals surface area contributed by atoms with Crippen molar-refractivity contribution in [2.24, 2.45) is 0 Å². The van der Waals surface area contributed by atoms with E-state index >= 15 is 0 Å². The highest BCUT2D eigenvalue weighted by atomic mass is 32.2. The van der Waals surface area contributed by atoms with Gasteiger partial charge < -0.3 is 54.7 Å². The Morgan fingerprint density at radius 1 is 1.07 bits per heavy atom. The highest BCUT2D eigenvalue weighted by molar-refractivity contribution is 8.02. The van der Waals surface area contributed by atoms with Crippen LogP contribution in [-0.2, 0) is 29.7 Å². The SMILES string of the molecule is CNC(=O)CCCCCC1(C)C(C)=[N+](CCCS(=O)(=O)[O-])c2ccc3c(SOOO)cc(C)cc3c21.[NH-]S[NH-].[NH-]S[NH-]. The molecule has 2 aromatic rings. The van der Waals surface area contributed by atoms with E-state index in [0.29, 0.717) is 13.0 Å². The van der Waals surface area contributed by atoms with E-state index in [-0.39, 0.29) is 42.0 Å². The number of benzene rings is 2. The van der Waals surface area contributed by atoms with Gasteiger partial charge >= 0.3 is 0 Å². The lowest BCUT2D eigenvalue weighted by Gasteiger charge is -2.24. The largest absolute Gasteiger partial charge is 0.748 e. The summed E-state index contributed by atoms with van der Waals surface area (Å²) in [6.45, 7) is 6.68. The van der Waals surface area contributed by atoms with E-state index in [9.17, 15) is 17.8 Å². The topological polar surface area (TPSA) is 223 Å². The lowest BCUT2D eigenvalue weighted by atomic mass is 9.74. The zero-order chi connectivity index (χ0) is 31.9. The van der Waals surface area contributed by atoms with Crippen LogP contribution in [0.1, 0.15) is 63.5 Å². The fraction of sp³-hybridized carbons (Fsp3) is 0.520. The predicted octanol–water partition coefficient (Wildman–Crippen LogP) is 7.89. The maximum Gasteiger partial charge on any atom is 0.219 e. The maximum atomic E-state index is 11.6. The molecule has 1 aliphatic heterocycles. The van der Waals surface area contributed by atoms with Gasteiger partial charge in [0.15, 0.2) is 5.71 Å². The summed E-state index contributed by atoms with van der Waals surface area (Å²) in [6.07, 6.45) is 4.21. The number of nitrogens with one attached hydrogen (secondary N) is 5. The zero-order valence-electron chi connectivity index (χ0n) is 23.9. The van der Waals surface area contributed by atoms with E-state index < -0.39 is 15.9 Å². The number of carbonyl (C=O) groups is 1. The first-order chi connectivity index (χ1) is 19.8. The molecule has 238 valence electrons. The monoisotopic (exact) mass is 662 g/mol. The second kappa shape index (κ2) is 19.0. The van der Waals surface area contributed by atoms with Gasteiger partial charge in [-0.25, -0.2) is 13.7 Å². The van der Waals surface area contributed by atoms with Gasteiger partial charge in [0.05, 0.1) is 27.6 Å². The first-order valence-corrected chi connectivity index (χ1v) is 16.8. The Labute approximate surface area is 260 Å². The summed E-state index contributed by atoms with van der Waals surface area (Å²) >= 11 is 1.43. The fourth-order valence-corrected chi connectivity index (χ4v) is 6.26. The lowest BCUT2D eigenvalue weighted by molar-refractivity contribution is -0.438. The minimum atomic E-state index is -4.29. The molecular weight excluding hydrogens is 625 g/mol. The van der Waals surface area contributed by atoms with Crippen molar-refractivity contribution in [3.8, 4) is 0 Å². The summed E-state index contributed by atoms with van der Waals surface area (Å²) in [6, 6.07) is 8.08. The van der Waals surface area contributed by atoms with Crippen molar-refractivity contribution in [1.29, 1.82) is 0 Å². The van der Waals surface area contributed by atoms with Crippen LogP contribution < -0.4 is 5.32 Å². The normalized spacial score (nSPS) is 16.0. The highest BCUT2D eigenvalue weighted by Crippen LogP contribution is 2.48. The number of amides is 1. The van der Waals surface area contributed by atoms with Gasteiger partial charge in [0.1, 0.15) is 6.54 Å². The van der Waals surface area contributed by atoms with E-state index in [1.165, 1.54) is 0 Å². The van der Waals surface area contributed by atoms with Crippen LogP contribution in [-0.4, -0.2) is 53.8 Å². The molecule has 1 atom stereocenters. The first kappa shape index (κ1) is 38.5. The molecule has 3 rings (SSSR count). The minimum absolute atomic E-state index is 0.0373. The molecule has 2 aromatic carbocycles. The molecule has 0 aromatic heterocycles. The minimum Gasteiger partial charge on any atom is -0.748 e. The summed E-state index contributed by atoms with van der Waals surface area (Å²) in [4.78, 5) is 12.4. The van der Waals surface area contributed by atoms with E-state index in [1.54, 1.807) is 7.05 Å². The summed E-state index contributed by atoms with van der Waals surface area (Å²) in [7, 11) is -2.65. The summed E-state index contributed by atoms with van der Waals surface area (Å²) in [5, 5.41) is 40.3. The summed E-state index contributed by atoms with van der Waals surface area (Å²) in [5.41, 5.74) is 3.93. The number of unbranched alkanes of at least 4 members (excludes halogenated alkanes) is 2. The van der Waals surface area contributed by atoms with Crippen molar-refractivity contribution < 1.29 is 37.0 Å². The molecule has 0 aliphatic carbocycles. The number of rotatable bonds is 13.